The van der Waals surface area contributed by atoms with Crippen molar-refractivity contribution in [3.05, 3.63) is 72.9 Å². The molecule has 0 aromatic heterocycles. The number of ether oxygens (including phenoxy) is 2. The standard InChI is InChI=1S/C47H82NO8P/c1-5-7-9-11-13-15-17-19-21-22-23-24-26-28-30-32-34-36-38-40-47(50)56-45(44-55-57(51,52)54-42-41-48(3)4)43-53-46(49)39-37-35-33-31-29-27-25-20-18-16-14-12-10-8-6-2/h7,9,13,15,19,21,23-24,28,30,34,36,45H,5-6,8,10-12,14,16-18,20,22,25-27,29,31-33,35,37-44H2,1-4H3,(H,51,52)/b9-7-,15-13-,21-19-,24-23-,30-28-,36-34-. The Kier molecular flexibility index (Phi) is 39.7. The van der Waals surface area contributed by atoms with Crippen molar-refractivity contribution in [2.45, 2.75) is 174 Å². The fourth-order valence-corrected chi connectivity index (χ4v) is 6.40. The minimum Gasteiger partial charge on any atom is -0.462 e. The van der Waals surface area contributed by atoms with Crippen molar-refractivity contribution in [1.29, 1.82) is 0 Å². The first-order valence-corrected chi connectivity index (χ1v) is 23.7. The van der Waals surface area contributed by atoms with Gasteiger partial charge in [-0.3, -0.25) is 18.6 Å². The molecule has 0 aromatic rings. The molecular weight excluding hydrogens is 737 g/mol. The van der Waals surface area contributed by atoms with E-state index in [0.717, 1.165) is 57.8 Å². The first kappa shape index (κ1) is 54.5. The highest BCUT2D eigenvalue weighted by atomic mass is 31.2. The summed E-state index contributed by atoms with van der Waals surface area (Å²) < 4.78 is 33.4. The lowest BCUT2D eigenvalue weighted by Gasteiger charge is -2.20. The third-order valence-corrected chi connectivity index (χ3v) is 10.0. The SMILES string of the molecule is CC/C=C\C/C=C\C/C=C\C/C=C\C/C=C\C/C=C\CCC(=O)OC(COC(=O)CCCCCCCCCCCCCCCCC)COP(=O)(O)OCCN(C)C. The summed E-state index contributed by atoms with van der Waals surface area (Å²) in [4.78, 5) is 37.0. The number of allylic oxidation sites excluding steroid dienone is 12. The molecule has 0 spiro atoms. The normalized spacial score (nSPS) is 14.1. The molecule has 0 aliphatic heterocycles. The molecule has 328 valence electrons. The van der Waals surface area contributed by atoms with Crippen LogP contribution in [0.4, 0.5) is 0 Å². The van der Waals surface area contributed by atoms with Gasteiger partial charge in [-0.05, 0) is 65.5 Å². The van der Waals surface area contributed by atoms with E-state index in [-0.39, 0.29) is 26.1 Å². The van der Waals surface area contributed by atoms with Gasteiger partial charge in [0, 0.05) is 19.4 Å². The van der Waals surface area contributed by atoms with Crippen LogP contribution in [0.5, 0.6) is 0 Å². The molecule has 0 saturated heterocycles. The maximum absolute atomic E-state index is 12.6. The number of hydrogen-bond donors (Lipinski definition) is 1. The summed E-state index contributed by atoms with van der Waals surface area (Å²) in [6.45, 7) is 4.12. The smallest absolute Gasteiger partial charge is 0.462 e. The van der Waals surface area contributed by atoms with Gasteiger partial charge in [0.05, 0.1) is 13.2 Å². The van der Waals surface area contributed by atoms with E-state index in [9.17, 15) is 19.0 Å². The molecule has 0 aliphatic rings. The fraction of sp³-hybridized carbons (Fsp3) is 0.702. The molecular formula is C47H82NO8P. The van der Waals surface area contributed by atoms with Gasteiger partial charge >= 0.3 is 19.8 Å². The summed E-state index contributed by atoms with van der Waals surface area (Å²) in [7, 11) is -0.754. The Hall–Kier alpha value is -2.55. The van der Waals surface area contributed by atoms with Crippen LogP contribution in [-0.4, -0.2) is 68.3 Å². The molecule has 0 aromatic carbocycles. The van der Waals surface area contributed by atoms with Gasteiger partial charge < -0.3 is 19.3 Å². The van der Waals surface area contributed by atoms with Gasteiger partial charge in [0.2, 0.25) is 0 Å². The van der Waals surface area contributed by atoms with E-state index in [4.69, 9.17) is 18.5 Å². The highest BCUT2D eigenvalue weighted by Crippen LogP contribution is 2.43. The van der Waals surface area contributed by atoms with E-state index in [2.05, 4.69) is 74.6 Å². The monoisotopic (exact) mass is 820 g/mol. The molecule has 2 unspecified atom stereocenters. The molecule has 2 atom stereocenters. The Morgan fingerprint density at radius 3 is 1.46 bits per heavy atom. The number of phosphoric ester groups is 1. The number of hydrogen-bond acceptors (Lipinski definition) is 8. The number of phosphoric acid groups is 1. The van der Waals surface area contributed by atoms with E-state index in [1.807, 2.05) is 26.2 Å². The van der Waals surface area contributed by atoms with Gasteiger partial charge in [0.1, 0.15) is 6.61 Å². The highest BCUT2D eigenvalue weighted by Gasteiger charge is 2.26. The van der Waals surface area contributed by atoms with E-state index in [1.54, 1.807) is 4.90 Å². The van der Waals surface area contributed by atoms with Gasteiger partial charge in [0.25, 0.3) is 0 Å². The molecule has 0 heterocycles. The van der Waals surface area contributed by atoms with Crippen LogP contribution in [0.3, 0.4) is 0 Å². The molecule has 0 fully saturated rings. The van der Waals surface area contributed by atoms with Crippen molar-refractivity contribution in [2.24, 2.45) is 0 Å². The van der Waals surface area contributed by atoms with Crippen LogP contribution in [0.2, 0.25) is 0 Å². The van der Waals surface area contributed by atoms with Crippen molar-refractivity contribution in [1.82, 2.24) is 4.90 Å². The summed E-state index contributed by atoms with van der Waals surface area (Å²) in [5.41, 5.74) is 0. The Bertz CT molecular complexity index is 1180. The second kappa shape index (κ2) is 41.6. The molecule has 10 heteroatoms. The third-order valence-electron chi connectivity index (χ3n) is 9.04. The second-order valence-electron chi connectivity index (χ2n) is 14.8. The Morgan fingerprint density at radius 1 is 0.561 bits per heavy atom. The van der Waals surface area contributed by atoms with Crippen LogP contribution in [0, 0.1) is 0 Å². The summed E-state index contributed by atoms with van der Waals surface area (Å²) in [6, 6.07) is 0. The maximum atomic E-state index is 12.6. The van der Waals surface area contributed by atoms with Gasteiger partial charge in [-0.2, -0.15) is 0 Å². The topological polar surface area (TPSA) is 112 Å². The number of carbonyl (C=O) groups is 2. The Labute approximate surface area is 348 Å². The lowest BCUT2D eigenvalue weighted by molar-refractivity contribution is -0.161. The van der Waals surface area contributed by atoms with Gasteiger partial charge in [-0.25, -0.2) is 4.57 Å². The first-order valence-electron chi connectivity index (χ1n) is 22.2. The number of likely N-dealkylation sites (N-methyl/N-ethyl adjacent to an activating group) is 1. The number of unbranched alkanes of at least 4 members (excludes halogenated alkanes) is 14. The van der Waals surface area contributed by atoms with Crippen LogP contribution in [0.1, 0.15) is 168 Å². The van der Waals surface area contributed by atoms with Crippen LogP contribution in [0.25, 0.3) is 0 Å². The molecule has 0 amide bonds. The van der Waals surface area contributed by atoms with Crippen LogP contribution >= 0.6 is 7.82 Å². The minimum atomic E-state index is -4.38. The van der Waals surface area contributed by atoms with E-state index in [1.165, 1.54) is 77.0 Å². The van der Waals surface area contributed by atoms with E-state index >= 15 is 0 Å². The van der Waals surface area contributed by atoms with Gasteiger partial charge in [-0.15, -0.1) is 0 Å². The Morgan fingerprint density at radius 2 is 1.00 bits per heavy atom. The molecule has 1 N–H and O–H groups in total. The number of rotatable bonds is 40. The zero-order valence-corrected chi connectivity index (χ0v) is 37.4. The van der Waals surface area contributed by atoms with Gasteiger partial charge in [0.15, 0.2) is 6.10 Å². The van der Waals surface area contributed by atoms with Crippen molar-refractivity contribution < 1.29 is 37.6 Å². The molecule has 0 bridgehead atoms. The van der Waals surface area contributed by atoms with E-state index < -0.39 is 32.5 Å². The van der Waals surface area contributed by atoms with Crippen molar-refractivity contribution in [3.63, 3.8) is 0 Å². The average molecular weight is 820 g/mol. The van der Waals surface area contributed by atoms with Crippen LogP contribution in [-0.2, 0) is 32.7 Å². The lowest BCUT2D eigenvalue weighted by Crippen LogP contribution is -2.29. The Balaban J connectivity index is 4.41. The lowest BCUT2D eigenvalue weighted by atomic mass is 10.0. The second-order valence-corrected chi connectivity index (χ2v) is 16.3. The average Bonchev–Trinajstić information content (AvgIpc) is 3.18. The van der Waals surface area contributed by atoms with Crippen molar-refractivity contribution >= 4 is 19.8 Å². The first-order chi connectivity index (χ1) is 27.7. The van der Waals surface area contributed by atoms with Gasteiger partial charge in [-0.1, -0.05) is 177 Å². The molecule has 0 radical (unpaired) electrons. The zero-order valence-electron chi connectivity index (χ0n) is 36.5. The molecule has 57 heavy (non-hydrogen) atoms. The van der Waals surface area contributed by atoms with Crippen molar-refractivity contribution in [3.8, 4) is 0 Å². The molecule has 0 saturated carbocycles. The maximum Gasteiger partial charge on any atom is 0.472 e. The molecule has 9 nitrogen and oxygen atoms in total. The molecule has 0 rings (SSSR count). The fourth-order valence-electron chi connectivity index (χ4n) is 5.65. The highest BCUT2D eigenvalue weighted by molar-refractivity contribution is 7.47. The number of esters is 2. The van der Waals surface area contributed by atoms with Crippen molar-refractivity contribution in [2.75, 3.05) is 40.5 Å². The molecule has 0 aliphatic carbocycles. The quantitative estimate of drug-likeness (QED) is 0.0279. The minimum absolute atomic E-state index is 0.00850. The summed E-state index contributed by atoms with van der Waals surface area (Å²) in [5.74, 6) is -0.902. The number of nitrogens with zero attached hydrogens (tertiary/aromatic N) is 1. The number of carbonyl (C=O) groups excluding carboxylic acids is 2. The van der Waals surface area contributed by atoms with Crippen LogP contribution < -0.4 is 0 Å². The largest absolute Gasteiger partial charge is 0.472 e. The summed E-state index contributed by atoms with van der Waals surface area (Å²) in [5, 5.41) is 0. The van der Waals surface area contributed by atoms with E-state index in [0.29, 0.717) is 13.0 Å². The predicted molar refractivity (Wildman–Crippen MR) is 238 cm³/mol. The van der Waals surface area contributed by atoms with Crippen LogP contribution in [0.15, 0.2) is 72.9 Å². The third kappa shape index (κ3) is 42.9. The summed E-state index contributed by atoms with van der Waals surface area (Å²) >= 11 is 0. The zero-order chi connectivity index (χ0) is 41.9. The predicted octanol–water partition coefficient (Wildman–Crippen LogP) is 12.9. The summed E-state index contributed by atoms with van der Waals surface area (Å²) in [6.07, 6.45) is 49.6.